The van der Waals surface area contributed by atoms with E-state index in [2.05, 4.69) is 5.32 Å². The number of primary amides is 1. The molecule has 1 atom stereocenters. The second kappa shape index (κ2) is 6.43. The monoisotopic (exact) mass is 264 g/mol. The van der Waals surface area contributed by atoms with E-state index in [-0.39, 0.29) is 0 Å². The highest BCUT2D eigenvalue weighted by molar-refractivity contribution is 5.94. The molecule has 0 aromatic heterocycles. The first-order valence-corrected chi connectivity index (χ1v) is 6.50. The van der Waals surface area contributed by atoms with Crippen molar-refractivity contribution in [3.63, 3.8) is 0 Å². The summed E-state index contributed by atoms with van der Waals surface area (Å²) in [6.45, 7) is 2.44. The van der Waals surface area contributed by atoms with E-state index in [4.69, 9.17) is 15.2 Å². The number of ether oxygens (including phenoxy) is 2. The summed E-state index contributed by atoms with van der Waals surface area (Å²) in [5.74, 6) is 0.768. The molecule has 0 spiro atoms. The molecule has 1 aliphatic rings. The Morgan fingerprint density at radius 2 is 2.42 bits per heavy atom. The van der Waals surface area contributed by atoms with Crippen LogP contribution >= 0.6 is 0 Å². The first-order valence-electron chi connectivity index (χ1n) is 6.50. The molecule has 0 bridgehead atoms. The minimum absolute atomic E-state index is 0.438. The first kappa shape index (κ1) is 13.7. The van der Waals surface area contributed by atoms with E-state index in [9.17, 15) is 4.79 Å². The van der Waals surface area contributed by atoms with Crippen molar-refractivity contribution in [1.82, 2.24) is 0 Å². The highest BCUT2D eigenvalue weighted by Gasteiger charge is 2.15. The van der Waals surface area contributed by atoms with Crippen molar-refractivity contribution < 1.29 is 14.3 Å². The molecule has 1 unspecified atom stereocenters. The minimum atomic E-state index is -0.438. The smallest absolute Gasteiger partial charge is 0.248 e. The van der Waals surface area contributed by atoms with Crippen LogP contribution in [0.5, 0.6) is 5.75 Å². The number of carbonyl (C=O) groups excluding carboxylic acids is 1. The van der Waals surface area contributed by atoms with Crippen LogP contribution in [0.15, 0.2) is 18.2 Å². The molecule has 5 heteroatoms. The molecule has 0 saturated carbocycles. The van der Waals surface area contributed by atoms with Gasteiger partial charge in [0, 0.05) is 18.7 Å². The lowest BCUT2D eigenvalue weighted by molar-refractivity contribution is 0.0595. The van der Waals surface area contributed by atoms with Crippen LogP contribution in [0.3, 0.4) is 0 Å². The third-order valence-electron chi connectivity index (χ3n) is 3.32. The molecule has 1 aromatic carbocycles. The van der Waals surface area contributed by atoms with Crippen molar-refractivity contribution >= 4 is 11.6 Å². The zero-order valence-electron chi connectivity index (χ0n) is 11.1. The fourth-order valence-electron chi connectivity index (χ4n) is 2.22. The summed E-state index contributed by atoms with van der Waals surface area (Å²) >= 11 is 0. The van der Waals surface area contributed by atoms with E-state index >= 15 is 0 Å². The Labute approximate surface area is 113 Å². The number of anilines is 1. The van der Waals surface area contributed by atoms with E-state index in [0.29, 0.717) is 17.2 Å². The number of nitrogens with one attached hydrogen (secondary N) is 1. The molecule has 3 N–H and O–H groups in total. The van der Waals surface area contributed by atoms with Gasteiger partial charge in [0.2, 0.25) is 5.91 Å². The molecule has 1 aliphatic heterocycles. The molecule has 1 heterocycles. The third-order valence-corrected chi connectivity index (χ3v) is 3.32. The van der Waals surface area contributed by atoms with Gasteiger partial charge in [-0.1, -0.05) is 0 Å². The number of rotatable bonds is 5. The molecule has 19 heavy (non-hydrogen) atoms. The Morgan fingerprint density at radius 1 is 1.58 bits per heavy atom. The van der Waals surface area contributed by atoms with E-state index in [0.717, 1.165) is 38.3 Å². The average Bonchev–Trinajstić information content (AvgIpc) is 2.45. The number of nitrogens with two attached hydrogens (primary N) is 1. The number of amides is 1. The highest BCUT2D eigenvalue weighted by Crippen LogP contribution is 2.26. The van der Waals surface area contributed by atoms with Crippen LogP contribution in [0.1, 0.15) is 23.2 Å². The Balaban J connectivity index is 2.04. The zero-order chi connectivity index (χ0) is 13.7. The summed E-state index contributed by atoms with van der Waals surface area (Å²) in [6, 6.07) is 5.14. The van der Waals surface area contributed by atoms with Crippen LogP contribution < -0.4 is 15.8 Å². The Bertz CT molecular complexity index is 442. The van der Waals surface area contributed by atoms with E-state index < -0.39 is 5.91 Å². The summed E-state index contributed by atoms with van der Waals surface area (Å²) in [4.78, 5) is 11.2. The lowest BCUT2D eigenvalue weighted by Crippen LogP contribution is -2.24. The van der Waals surface area contributed by atoms with Crippen molar-refractivity contribution in [2.45, 2.75) is 12.8 Å². The maximum Gasteiger partial charge on any atom is 0.248 e. The van der Waals surface area contributed by atoms with Gasteiger partial charge in [-0.15, -0.1) is 0 Å². The van der Waals surface area contributed by atoms with Crippen molar-refractivity contribution in [3.05, 3.63) is 23.8 Å². The van der Waals surface area contributed by atoms with Gasteiger partial charge in [-0.25, -0.2) is 0 Å². The molecule has 1 aromatic rings. The number of hydrogen-bond donors (Lipinski definition) is 2. The molecular formula is C14H20N2O3. The van der Waals surface area contributed by atoms with Gasteiger partial charge in [-0.3, -0.25) is 4.79 Å². The van der Waals surface area contributed by atoms with Crippen molar-refractivity contribution in [1.29, 1.82) is 0 Å². The van der Waals surface area contributed by atoms with Gasteiger partial charge in [0.05, 0.1) is 19.4 Å². The normalized spacial score (nSPS) is 18.9. The molecule has 1 amide bonds. The molecular weight excluding hydrogens is 244 g/mol. The fraction of sp³-hybridized carbons (Fsp3) is 0.500. The highest BCUT2D eigenvalue weighted by atomic mass is 16.5. The topological polar surface area (TPSA) is 73.6 Å². The van der Waals surface area contributed by atoms with Crippen LogP contribution in [-0.4, -0.2) is 32.8 Å². The van der Waals surface area contributed by atoms with Gasteiger partial charge in [0.15, 0.2) is 0 Å². The molecule has 1 saturated heterocycles. The summed E-state index contributed by atoms with van der Waals surface area (Å²) in [6.07, 6.45) is 2.26. The largest absolute Gasteiger partial charge is 0.495 e. The average molecular weight is 264 g/mol. The first-order chi connectivity index (χ1) is 9.20. The van der Waals surface area contributed by atoms with E-state index in [1.165, 1.54) is 0 Å². The second-order valence-corrected chi connectivity index (χ2v) is 4.74. The van der Waals surface area contributed by atoms with Crippen molar-refractivity contribution in [2.24, 2.45) is 11.7 Å². The lowest BCUT2D eigenvalue weighted by atomic mass is 10.0. The van der Waals surface area contributed by atoms with Crippen molar-refractivity contribution in [2.75, 3.05) is 32.2 Å². The number of methoxy groups -OCH3 is 1. The van der Waals surface area contributed by atoms with Crippen LogP contribution in [0.25, 0.3) is 0 Å². The van der Waals surface area contributed by atoms with Crippen LogP contribution in [0, 0.1) is 5.92 Å². The SMILES string of the molecule is COc1ccc(C(N)=O)cc1NCC1CCCOC1. The van der Waals surface area contributed by atoms with Crippen LogP contribution in [0.2, 0.25) is 0 Å². The Morgan fingerprint density at radius 3 is 3.05 bits per heavy atom. The maximum atomic E-state index is 11.2. The fourth-order valence-corrected chi connectivity index (χ4v) is 2.22. The van der Waals surface area contributed by atoms with Gasteiger partial charge >= 0.3 is 0 Å². The Hall–Kier alpha value is -1.75. The zero-order valence-corrected chi connectivity index (χ0v) is 11.1. The second-order valence-electron chi connectivity index (χ2n) is 4.74. The van der Waals surface area contributed by atoms with Crippen LogP contribution in [-0.2, 0) is 4.74 Å². The van der Waals surface area contributed by atoms with Gasteiger partial charge in [0.25, 0.3) is 0 Å². The lowest BCUT2D eigenvalue weighted by Gasteiger charge is -2.23. The summed E-state index contributed by atoms with van der Waals surface area (Å²) in [5.41, 5.74) is 6.56. The van der Waals surface area contributed by atoms with Gasteiger partial charge < -0.3 is 20.5 Å². The molecule has 0 radical (unpaired) electrons. The Kier molecular flexibility index (Phi) is 4.63. The van der Waals surface area contributed by atoms with Crippen molar-refractivity contribution in [3.8, 4) is 5.75 Å². The molecule has 5 nitrogen and oxygen atoms in total. The summed E-state index contributed by atoms with van der Waals surface area (Å²) in [7, 11) is 1.61. The van der Waals surface area contributed by atoms with E-state index in [1.54, 1.807) is 25.3 Å². The van der Waals surface area contributed by atoms with E-state index in [1.807, 2.05) is 0 Å². The number of carbonyl (C=O) groups is 1. The maximum absolute atomic E-state index is 11.2. The summed E-state index contributed by atoms with van der Waals surface area (Å²) in [5, 5.41) is 3.32. The minimum Gasteiger partial charge on any atom is -0.495 e. The van der Waals surface area contributed by atoms with Crippen LogP contribution in [0.4, 0.5) is 5.69 Å². The molecule has 104 valence electrons. The van der Waals surface area contributed by atoms with Gasteiger partial charge in [-0.05, 0) is 37.0 Å². The molecule has 0 aliphatic carbocycles. The van der Waals surface area contributed by atoms with Gasteiger partial charge in [-0.2, -0.15) is 0 Å². The van der Waals surface area contributed by atoms with Gasteiger partial charge in [0.1, 0.15) is 5.75 Å². The third kappa shape index (κ3) is 3.61. The molecule has 2 rings (SSSR count). The predicted molar refractivity (Wildman–Crippen MR) is 73.5 cm³/mol. The number of benzene rings is 1. The standard InChI is InChI=1S/C14H20N2O3/c1-18-13-5-4-11(14(15)17)7-12(13)16-8-10-3-2-6-19-9-10/h4-5,7,10,16H,2-3,6,8-9H2,1H3,(H2,15,17). The number of hydrogen-bond acceptors (Lipinski definition) is 4. The molecule has 1 fully saturated rings. The predicted octanol–water partition coefficient (Wildman–Crippen LogP) is 1.63. The quantitative estimate of drug-likeness (QED) is 0.847. The summed E-state index contributed by atoms with van der Waals surface area (Å²) < 4.78 is 10.7.